The Hall–Kier alpha value is -5.12. The summed E-state index contributed by atoms with van der Waals surface area (Å²) in [5.41, 5.74) is -0.656. The average Bonchev–Trinajstić information content (AvgIpc) is 3.84. The van der Waals surface area contributed by atoms with Crippen molar-refractivity contribution >= 4 is 75.3 Å². The van der Waals surface area contributed by atoms with Gasteiger partial charge in [0.1, 0.15) is 21.9 Å². The maximum atomic E-state index is 13.9. The lowest BCUT2D eigenvalue weighted by Crippen LogP contribution is -2.76. The number of fused-ring (bicyclic) bond motifs is 1. The Morgan fingerprint density at radius 1 is 1.02 bits per heavy atom. The molecule has 20 heteroatoms. The van der Waals surface area contributed by atoms with Gasteiger partial charge >= 0.3 is 18.6 Å². The van der Waals surface area contributed by atoms with Crippen molar-refractivity contribution in [1.29, 1.82) is 0 Å². The highest BCUT2D eigenvalue weighted by Crippen LogP contribution is 2.47. The number of rotatable bonds is 15. The number of β-lactam (4-membered cyclic amide) rings is 1. The van der Waals surface area contributed by atoms with Crippen LogP contribution in [0.25, 0.3) is 0 Å². The molecular formula is C37H32F2N6O8S4. The Morgan fingerprint density at radius 3 is 2.12 bits per heavy atom. The molecule has 4 atom stereocenters. The number of benzene rings is 3. The monoisotopic (exact) mass is 854 g/mol. The molecule has 6 N–H and O–H groups in total. The normalized spacial score (nSPS) is 19.7. The number of carbonyl (C=O) groups is 4. The van der Waals surface area contributed by atoms with Gasteiger partial charge in [-0.2, -0.15) is 13.2 Å². The number of aliphatic carboxylic acids is 1. The quantitative estimate of drug-likeness (QED) is 0.0219. The van der Waals surface area contributed by atoms with Crippen LogP contribution in [0.1, 0.15) is 38.8 Å². The molecule has 3 aromatic carbocycles. The molecule has 14 nitrogen and oxygen atoms in total. The second-order valence-electron chi connectivity index (χ2n) is 13.0. The van der Waals surface area contributed by atoms with Crippen LogP contribution in [0.2, 0.25) is 0 Å². The van der Waals surface area contributed by atoms with Crippen LogP contribution in [0.15, 0.2) is 101 Å². The zero-order chi connectivity index (χ0) is 40.5. The summed E-state index contributed by atoms with van der Waals surface area (Å²) in [7, 11) is 0. The molecule has 4 heterocycles. The smallest absolute Gasteiger partial charge is 0.346 e. The zero-order valence-corrected chi connectivity index (χ0v) is 32.6. The van der Waals surface area contributed by atoms with E-state index in [4.69, 9.17) is 10.6 Å². The number of amides is 2. The molecule has 3 unspecified atom stereocenters. The molecule has 296 valence electrons. The van der Waals surface area contributed by atoms with Gasteiger partial charge in [-0.1, -0.05) is 91.0 Å². The largest absolute Gasteiger partial charge is 0.492 e. The highest BCUT2D eigenvalue weighted by molar-refractivity contribution is 8.01. The summed E-state index contributed by atoms with van der Waals surface area (Å²) < 4.78 is 36.4. The molecule has 5 aromatic rings. The fraction of sp³-hybridized carbons (Fsp3) is 0.243. The molecule has 0 aliphatic carbocycles. The highest BCUT2D eigenvalue weighted by atomic mass is 32.2. The molecule has 2 aliphatic heterocycles. The first-order valence-corrected chi connectivity index (χ1v) is 20.7. The summed E-state index contributed by atoms with van der Waals surface area (Å²) in [6, 6.07) is 27.4. The molecule has 0 radical (unpaired) electrons. The van der Waals surface area contributed by atoms with E-state index in [9.17, 15) is 43.3 Å². The predicted octanol–water partition coefficient (Wildman–Crippen LogP) is 5.54. The number of hydrogen-bond acceptors (Lipinski definition) is 14. The van der Waals surface area contributed by atoms with Crippen molar-refractivity contribution in [1.82, 2.24) is 19.3 Å². The van der Waals surface area contributed by atoms with Gasteiger partial charge in [0.2, 0.25) is 5.88 Å². The van der Waals surface area contributed by atoms with E-state index < -0.39 is 70.3 Å². The van der Waals surface area contributed by atoms with Crippen molar-refractivity contribution in [3.63, 3.8) is 0 Å². The van der Waals surface area contributed by atoms with E-state index in [0.717, 1.165) is 51.6 Å². The molecule has 2 saturated heterocycles. The number of nitrogens with two attached hydrogens (primary N) is 1. The van der Waals surface area contributed by atoms with Crippen molar-refractivity contribution in [2.75, 3.05) is 23.4 Å². The number of thiazole rings is 1. The van der Waals surface area contributed by atoms with Crippen LogP contribution in [0.5, 0.6) is 5.88 Å². The van der Waals surface area contributed by atoms with E-state index >= 15 is 0 Å². The van der Waals surface area contributed by atoms with E-state index in [1.165, 1.54) is 10.3 Å². The summed E-state index contributed by atoms with van der Waals surface area (Å²) >= 11 is 3.66. The number of hydrogen-bond donors (Lipinski definition) is 5. The second-order valence-corrected chi connectivity index (χ2v) is 17.0. The maximum absolute atomic E-state index is 13.9. The number of aromatic carboxylic acids is 1. The SMILES string of the molecule is NN(C(=O)C(OC(F)F)c1csc(NC(c2ccccc2)(c2ccccc2)c2ccccc2)n1)C1C(=O)N2CC(CSc3snc(O)c3C(=O)O)(C(=O)O)CS[C@H]12. The van der Waals surface area contributed by atoms with Gasteiger partial charge in [-0.25, -0.2) is 15.6 Å². The Kier molecular flexibility index (Phi) is 11.5. The summed E-state index contributed by atoms with van der Waals surface area (Å²) in [5, 5.41) is 34.4. The van der Waals surface area contributed by atoms with Gasteiger partial charge in [0.05, 0.1) is 9.90 Å². The van der Waals surface area contributed by atoms with Gasteiger partial charge in [-0.15, -0.1) is 34.9 Å². The lowest BCUT2D eigenvalue weighted by atomic mass is 9.77. The molecule has 7 rings (SSSR count). The number of anilines is 1. The van der Waals surface area contributed by atoms with Crippen molar-refractivity contribution in [2.24, 2.45) is 11.3 Å². The van der Waals surface area contributed by atoms with E-state index in [-0.39, 0.29) is 33.1 Å². The Balaban J connectivity index is 1.12. The number of carbonyl (C=O) groups excluding carboxylic acids is 2. The number of aromatic hydroxyl groups is 1. The first-order valence-electron chi connectivity index (χ1n) is 17.0. The minimum atomic E-state index is -3.42. The highest BCUT2D eigenvalue weighted by Gasteiger charge is 2.60. The van der Waals surface area contributed by atoms with Crippen molar-refractivity contribution in [2.45, 2.75) is 33.9 Å². The van der Waals surface area contributed by atoms with Crippen LogP contribution in [-0.4, -0.2) is 94.4 Å². The number of aromatic nitrogens is 2. The number of nitrogens with one attached hydrogen (secondary N) is 1. The molecule has 2 fully saturated rings. The summed E-state index contributed by atoms with van der Waals surface area (Å²) in [5.74, 6) is 0.740. The van der Waals surface area contributed by atoms with Crippen LogP contribution < -0.4 is 11.2 Å². The van der Waals surface area contributed by atoms with Crippen molar-refractivity contribution in [3.8, 4) is 5.88 Å². The molecule has 0 saturated carbocycles. The molecule has 57 heavy (non-hydrogen) atoms. The summed E-state index contributed by atoms with van der Waals surface area (Å²) in [6.45, 7) is -3.72. The number of halogens is 2. The first kappa shape index (κ1) is 40.1. The molecule has 0 bridgehead atoms. The minimum Gasteiger partial charge on any atom is -0.492 e. The fourth-order valence-corrected chi connectivity index (χ4v) is 11.4. The third kappa shape index (κ3) is 7.55. The Bertz CT molecular complexity index is 2170. The van der Waals surface area contributed by atoms with Crippen molar-refractivity contribution in [3.05, 3.63) is 124 Å². The van der Waals surface area contributed by atoms with Gasteiger partial charge in [0.15, 0.2) is 17.3 Å². The lowest BCUT2D eigenvalue weighted by molar-refractivity contribution is -0.191. The van der Waals surface area contributed by atoms with E-state index in [1.807, 2.05) is 91.0 Å². The number of ether oxygens (including phenoxy) is 1. The van der Waals surface area contributed by atoms with Crippen LogP contribution in [-0.2, 0) is 24.7 Å². The summed E-state index contributed by atoms with van der Waals surface area (Å²) in [4.78, 5) is 57.4. The number of carboxylic acids is 2. The van der Waals surface area contributed by atoms with Crippen molar-refractivity contribution < 1.29 is 48.0 Å². The zero-order valence-electron chi connectivity index (χ0n) is 29.3. The third-order valence-corrected chi connectivity index (χ3v) is 14.4. The van der Waals surface area contributed by atoms with Gasteiger partial charge in [-0.3, -0.25) is 19.4 Å². The van der Waals surface area contributed by atoms with E-state index in [2.05, 4.69) is 14.7 Å². The lowest BCUT2D eigenvalue weighted by Gasteiger charge is -2.55. The van der Waals surface area contributed by atoms with Crippen LogP contribution in [0.3, 0.4) is 0 Å². The summed E-state index contributed by atoms with van der Waals surface area (Å²) in [6.07, 6.45) is -2.01. The van der Waals surface area contributed by atoms with Crippen LogP contribution in [0.4, 0.5) is 13.9 Å². The number of carboxylic acid groups (broad SMARTS) is 2. The molecule has 2 amide bonds. The number of alkyl halides is 2. The first-order chi connectivity index (χ1) is 27.4. The van der Waals surface area contributed by atoms with Crippen LogP contribution in [0, 0.1) is 5.41 Å². The van der Waals surface area contributed by atoms with E-state index in [1.54, 1.807) is 0 Å². The number of nitrogens with zero attached hydrogens (tertiary/aromatic N) is 4. The minimum absolute atomic E-state index is 0.0699. The van der Waals surface area contributed by atoms with Crippen LogP contribution >= 0.6 is 46.4 Å². The van der Waals surface area contributed by atoms with Gasteiger partial charge in [0.25, 0.3) is 11.8 Å². The fourth-order valence-electron chi connectivity index (χ4n) is 6.79. The standard InChI is InChI=1S/C37H32F2N6O8S4/c38-34(39)53-26(23-16-54-35(41-23)42-37(20-10-4-1-5-11-20,21-12-6-2-7-13-21)22-14-8-3-9-15-22)29(48)45(40)25-28(47)44-17-36(33(51)52,18-55-30(25)44)19-56-32-24(31(49)50)27(46)43-57-32/h1-16,25-26,30,34H,17-19,40H2,(H,41,42)(H,43,46)(H,49,50)(H,51,52)/t25?,26?,30-,36?/m1/s1. The van der Waals surface area contributed by atoms with Gasteiger partial charge in [0, 0.05) is 23.4 Å². The van der Waals surface area contributed by atoms with Gasteiger partial charge < -0.3 is 30.3 Å². The number of thioether (sulfide) groups is 2. The third-order valence-electron chi connectivity index (χ3n) is 9.63. The average molecular weight is 855 g/mol. The van der Waals surface area contributed by atoms with Gasteiger partial charge in [-0.05, 0) is 28.2 Å². The van der Waals surface area contributed by atoms with E-state index in [0.29, 0.717) is 16.5 Å². The molecule has 2 aliphatic rings. The maximum Gasteiger partial charge on any atom is 0.346 e. The Labute approximate surface area is 339 Å². The number of hydrazine groups is 1. The second kappa shape index (κ2) is 16.4. The molecule has 0 spiro atoms. The Morgan fingerprint density at radius 2 is 1.60 bits per heavy atom. The molecule has 2 aromatic heterocycles. The molecular weight excluding hydrogens is 823 g/mol. The predicted molar refractivity (Wildman–Crippen MR) is 209 cm³/mol. The topological polar surface area (TPSA) is 209 Å².